The molecular weight excluding hydrogens is 743 g/mol. The van der Waals surface area contributed by atoms with Gasteiger partial charge in [-0.15, -0.1) is 0 Å². The van der Waals surface area contributed by atoms with E-state index < -0.39 is 18.1 Å². The van der Waals surface area contributed by atoms with Crippen LogP contribution in [0.2, 0.25) is 0 Å². The molecule has 0 unspecified atom stereocenters. The minimum absolute atomic E-state index is 0.0196. The average Bonchev–Trinajstić information content (AvgIpc) is 3.74. The summed E-state index contributed by atoms with van der Waals surface area (Å²) >= 11 is 0. The minimum Gasteiger partial charge on any atom is -0.456 e. The van der Waals surface area contributed by atoms with Crippen molar-refractivity contribution in [2.75, 3.05) is 0 Å². The fourth-order valence-electron chi connectivity index (χ4n) is 8.56. The molecule has 0 saturated heterocycles. The monoisotopic (exact) mass is 782 g/mol. The van der Waals surface area contributed by atoms with Crippen LogP contribution in [-0.4, -0.2) is 15.0 Å². The summed E-state index contributed by atoms with van der Waals surface area (Å²) in [6, 6.07) is 60.1. The highest BCUT2D eigenvalue weighted by molar-refractivity contribution is 6.07. The molecule has 0 fully saturated rings. The van der Waals surface area contributed by atoms with Crippen molar-refractivity contribution in [2.24, 2.45) is 0 Å². The minimum atomic E-state index is -0.487. The van der Waals surface area contributed by atoms with E-state index in [9.17, 15) is 0 Å². The Morgan fingerprint density at radius 1 is 0.311 bits per heavy atom. The topological polar surface area (TPSA) is 51.8 Å². The number of rotatable bonds is 6. The third-order valence-electron chi connectivity index (χ3n) is 11.6. The first-order chi connectivity index (χ1) is 32.3. The third-order valence-corrected chi connectivity index (χ3v) is 11.6. The zero-order valence-corrected chi connectivity index (χ0v) is 32.6. The number of furan rings is 1. The van der Waals surface area contributed by atoms with Crippen molar-refractivity contribution >= 4 is 54.3 Å². The van der Waals surface area contributed by atoms with Crippen LogP contribution in [0.3, 0.4) is 0 Å². The maximum Gasteiger partial charge on any atom is 0.164 e. The quantitative estimate of drug-likeness (QED) is 0.169. The van der Waals surface area contributed by atoms with Gasteiger partial charge in [-0.05, 0) is 108 Å². The average molecular weight is 783 g/mol. The van der Waals surface area contributed by atoms with Crippen LogP contribution in [0, 0.1) is 0 Å². The highest BCUT2D eigenvalue weighted by atomic mass is 16.3. The molecule has 284 valence electrons. The van der Waals surface area contributed by atoms with Crippen LogP contribution in [0.25, 0.3) is 122 Å². The van der Waals surface area contributed by atoms with Crippen molar-refractivity contribution in [3.63, 3.8) is 0 Å². The van der Waals surface area contributed by atoms with E-state index in [4.69, 9.17) is 26.2 Å². The van der Waals surface area contributed by atoms with E-state index in [1.54, 1.807) is 0 Å². The van der Waals surface area contributed by atoms with E-state index in [0.29, 0.717) is 17.0 Å². The molecule has 0 spiro atoms. The molecule has 2 aromatic heterocycles. The zero-order valence-electron chi connectivity index (χ0n) is 37.6. The van der Waals surface area contributed by atoms with Crippen LogP contribution in [-0.2, 0) is 0 Å². The standard InChI is InChI=1S/C57H35N3O/c1-2-13-38(14-3-1)55-58-56(45-26-21-36-11-4-5-15-39(36)33-45)60-57(59-55)46-28-29-49(44-27-30-51-50-18-8-9-20-53(50)61-54(51)35-44)52(34-46)43-25-23-40-31-42(24-22-41(40)32-43)48-19-10-16-37-12-6-7-17-47(37)48/h1-35H/i1D,2D,3D,13D,14D. The Labute approximate surface area is 359 Å². The van der Waals surface area contributed by atoms with Gasteiger partial charge in [-0.1, -0.05) is 170 Å². The Morgan fingerprint density at radius 3 is 1.64 bits per heavy atom. The molecule has 0 N–H and O–H groups in total. The van der Waals surface area contributed by atoms with Crippen LogP contribution in [0.1, 0.15) is 6.85 Å². The molecule has 12 rings (SSSR count). The molecule has 0 aliphatic rings. The summed E-state index contributed by atoms with van der Waals surface area (Å²) in [6.45, 7) is 0. The maximum absolute atomic E-state index is 8.88. The fourth-order valence-corrected chi connectivity index (χ4v) is 8.56. The van der Waals surface area contributed by atoms with Gasteiger partial charge in [0, 0.05) is 27.5 Å². The number of para-hydroxylation sites is 1. The molecule has 2 heterocycles. The molecule has 0 atom stereocenters. The summed E-state index contributed by atoms with van der Waals surface area (Å²) in [7, 11) is 0. The predicted octanol–water partition coefficient (Wildman–Crippen LogP) is 15.2. The Morgan fingerprint density at radius 2 is 0.836 bits per heavy atom. The van der Waals surface area contributed by atoms with Gasteiger partial charge in [0.05, 0.1) is 6.85 Å². The van der Waals surface area contributed by atoms with E-state index >= 15 is 0 Å². The molecule has 0 radical (unpaired) electrons. The lowest BCUT2D eigenvalue weighted by molar-refractivity contribution is 0.669. The van der Waals surface area contributed by atoms with Gasteiger partial charge in [0.1, 0.15) is 11.2 Å². The van der Waals surface area contributed by atoms with Gasteiger partial charge >= 0.3 is 0 Å². The van der Waals surface area contributed by atoms with E-state index in [0.717, 1.165) is 71.3 Å². The van der Waals surface area contributed by atoms with Crippen molar-refractivity contribution in [1.82, 2.24) is 15.0 Å². The Hall–Kier alpha value is -8.21. The van der Waals surface area contributed by atoms with Crippen LogP contribution in [0.15, 0.2) is 217 Å². The second-order valence-corrected chi connectivity index (χ2v) is 15.2. The predicted molar refractivity (Wildman–Crippen MR) is 252 cm³/mol. The summed E-state index contributed by atoms with van der Waals surface area (Å²) in [5.41, 5.74) is 8.98. The van der Waals surface area contributed by atoms with Crippen molar-refractivity contribution in [1.29, 1.82) is 0 Å². The molecule has 4 heteroatoms. The first-order valence-corrected chi connectivity index (χ1v) is 20.2. The molecule has 0 saturated carbocycles. The van der Waals surface area contributed by atoms with Gasteiger partial charge in [0.15, 0.2) is 17.5 Å². The summed E-state index contributed by atoms with van der Waals surface area (Å²) in [5, 5.41) is 8.69. The van der Waals surface area contributed by atoms with Crippen LogP contribution >= 0.6 is 0 Å². The molecular formula is C57H35N3O. The van der Waals surface area contributed by atoms with E-state index in [2.05, 4.69) is 115 Å². The lowest BCUT2D eigenvalue weighted by atomic mass is 9.90. The van der Waals surface area contributed by atoms with Crippen LogP contribution in [0.4, 0.5) is 0 Å². The van der Waals surface area contributed by atoms with Crippen molar-refractivity contribution < 1.29 is 11.3 Å². The second-order valence-electron chi connectivity index (χ2n) is 15.2. The first-order valence-electron chi connectivity index (χ1n) is 22.7. The zero-order chi connectivity index (χ0) is 44.6. The van der Waals surface area contributed by atoms with Gasteiger partial charge < -0.3 is 4.42 Å². The lowest BCUT2D eigenvalue weighted by Crippen LogP contribution is -2.00. The molecule has 61 heavy (non-hydrogen) atoms. The summed E-state index contributed by atoms with van der Waals surface area (Å²) < 4.78 is 49.4. The third kappa shape index (κ3) is 6.21. The fraction of sp³-hybridized carbons (Fsp3) is 0. The maximum atomic E-state index is 8.88. The summed E-state index contributed by atoms with van der Waals surface area (Å²) in [5.74, 6) is 0.575. The van der Waals surface area contributed by atoms with Crippen LogP contribution < -0.4 is 0 Å². The number of hydrogen-bond acceptors (Lipinski definition) is 4. The summed E-state index contributed by atoms with van der Waals surface area (Å²) in [4.78, 5) is 14.8. The van der Waals surface area contributed by atoms with Gasteiger partial charge in [0.25, 0.3) is 0 Å². The van der Waals surface area contributed by atoms with Crippen molar-refractivity contribution in [2.45, 2.75) is 0 Å². The molecule has 0 aliphatic carbocycles. The van der Waals surface area contributed by atoms with Gasteiger partial charge in [-0.25, -0.2) is 15.0 Å². The van der Waals surface area contributed by atoms with Gasteiger partial charge in [-0.2, -0.15) is 0 Å². The molecule has 0 amide bonds. The Kier molecular flexibility index (Phi) is 7.00. The first kappa shape index (κ1) is 29.9. The molecule has 4 nitrogen and oxygen atoms in total. The molecule has 0 aliphatic heterocycles. The van der Waals surface area contributed by atoms with E-state index in [1.807, 2.05) is 66.7 Å². The highest BCUT2D eigenvalue weighted by Gasteiger charge is 2.18. The largest absolute Gasteiger partial charge is 0.456 e. The number of nitrogens with zero attached hydrogens (tertiary/aromatic N) is 3. The number of benzene rings is 10. The normalized spacial score (nSPS) is 12.8. The van der Waals surface area contributed by atoms with Crippen molar-refractivity contribution in [3.8, 4) is 67.5 Å². The molecule has 0 bridgehead atoms. The van der Waals surface area contributed by atoms with Gasteiger partial charge in [-0.3, -0.25) is 0 Å². The van der Waals surface area contributed by atoms with E-state index in [1.165, 1.54) is 16.3 Å². The highest BCUT2D eigenvalue weighted by Crippen LogP contribution is 2.40. The molecule has 10 aromatic carbocycles. The number of fused-ring (bicyclic) bond motifs is 6. The molecule has 12 aromatic rings. The Bertz CT molecular complexity index is 3940. The van der Waals surface area contributed by atoms with Gasteiger partial charge in [0.2, 0.25) is 0 Å². The Balaban J connectivity index is 1.06. The smallest absolute Gasteiger partial charge is 0.164 e. The second kappa shape index (κ2) is 14.3. The number of aromatic nitrogens is 3. The number of hydrogen-bond donors (Lipinski definition) is 0. The van der Waals surface area contributed by atoms with Crippen molar-refractivity contribution in [3.05, 3.63) is 212 Å². The SMILES string of the molecule is [2H]c1c([2H])c([2H])c(-c2nc(-c3ccc(-c4ccc5c(c4)oc4ccccc45)c(-c4ccc5cc(-c6cccc7ccccc67)ccc5c4)c3)nc(-c3ccc4ccccc4c3)n2)c([2H])c1[2H]. The van der Waals surface area contributed by atoms with Crippen LogP contribution in [0.5, 0.6) is 0 Å². The lowest BCUT2D eigenvalue weighted by Gasteiger charge is -2.15. The van der Waals surface area contributed by atoms with E-state index in [-0.39, 0.29) is 29.3 Å². The summed E-state index contributed by atoms with van der Waals surface area (Å²) in [6.07, 6.45) is 0.